The third-order valence-electron chi connectivity index (χ3n) is 3.60. The van der Waals surface area contributed by atoms with Gasteiger partial charge >= 0.3 is 11.7 Å². The summed E-state index contributed by atoms with van der Waals surface area (Å²) < 4.78 is 0. The Hall–Kier alpha value is -2.18. The quantitative estimate of drug-likeness (QED) is 0.648. The van der Waals surface area contributed by atoms with E-state index in [1.807, 2.05) is 0 Å². The first-order valence-electron chi connectivity index (χ1n) is 6.44. The minimum absolute atomic E-state index is 0.0394. The average Bonchev–Trinajstić information content (AvgIpc) is 2.68. The second kappa shape index (κ2) is 5.07. The summed E-state index contributed by atoms with van der Waals surface area (Å²) in [5, 5.41) is 22.9. The molecule has 1 fully saturated rings. The number of carboxylic acid groups (broad SMARTS) is 1. The topological polar surface area (TPSA) is 105 Å². The lowest BCUT2D eigenvalue weighted by molar-refractivity contribution is -0.384. The second-order valence-electron chi connectivity index (χ2n) is 5.87. The van der Waals surface area contributed by atoms with E-state index >= 15 is 0 Å². The van der Waals surface area contributed by atoms with Crippen LogP contribution < -0.4 is 5.32 Å². The molecular weight excluding hydrogens is 262 g/mol. The first kappa shape index (κ1) is 14.2. The van der Waals surface area contributed by atoms with Gasteiger partial charge in [-0.05, 0) is 30.7 Å². The van der Waals surface area contributed by atoms with Gasteiger partial charge < -0.3 is 10.4 Å². The first-order chi connectivity index (χ1) is 9.28. The predicted molar refractivity (Wildman–Crippen MR) is 72.9 cm³/mol. The molecule has 1 aliphatic rings. The lowest BCUT2D eigenvalue weighted by Crippen LogP contribution is -2.20. The number of aromatic carboxylic acids is 1. The molecule has 1 unspecified atom stereocenters. The first-order valence-corrected chi connectivity index (χ1v) is 6.44. The van der Waals surface area contributed by atoms with Crippen molar-refractivity contribution in [2.24, 2.45) is 5.41 Å². The normalized spacial score (nSPS) is 20.6. The van der Waals surface area contributed by atoms with Crippen molar-refractivity contribution in [3.05, 3.63) is 27.9 Å². The average molecular weight is 279 g/mol. The van der Waals surface area contributed by atoms with Crippen molar-refractivity contribution >= 4 is 17.5 Å². The number of carboxylic acids is 1. The third-order valence-corrected chi connectivity index (χ3v) is 3.60. The zero-order chi connectivity index (χ0) is 14.9. The van der Waals surface area contributed by atoms with Gasteiger partial charge in [-0.3, -0.25) is 10.1 Å². The molecule has 7 nitrogen and oxygen atoms in total. The summed E-state index contributed by atoms with van der Waals surface area (Å²) in [7, 11) is 0. The van der Waals surface area contributed by atoms with E-state index < -0.39 is 10.9 Å². The Bertz CT molecular complexity index is 557. The van der Waals surface area contributed by atoms with Crippen LogP contribution in [-0.2, 0) is 0 Å². The number of aromatic nitrogens is 1. The molecule has 20 heavy (non-hydrogen) atoms. The number of nitro groups is 1. The molecule has 1 saturated carbocycles. The van der Waals surface area contributed by atoms with E-state index in [-0.39, 0.29) is 28.7 Å². The van der Waals surface area contributed by atoms with Crippen LogP contribution in [-0.4, -0.2) is 27.0 Å². The van der Waals surface area contributed by atoms with Crippen LogP contribution in [0.4, 0.5) is 11.5 Å². The summed E-state index contributed by atoms with van der Waals surface area (Å²) >= 11 is 0. The van der Waals surface area contributed by atoms with Crippen LogP contribution in [0.1, 0.15) is 43.6 Å². The van der Waals surface area contributed by atoms with Gasteiger partial charge in [0.05, 0.1) is 4.92 Å². The van der Waals surface area contributed by atoms with Crippen LogP contribution >= 0.6 is 0 Å². The van der Waals surface area contributed by atoms with E-state index in [1.165, 1.54) is 6.07 Å². The number of rotatable bonds is 4. The van der Waals surface area contributed by atoms with Gasteiger partial charge in [0.2, 0.25) is 5.82 Å². The van der Waals surface area contributed by atoms with Gasteiger partial charge in [0.25, 0.3) is 0 Å². The maximum atomic E-state index is 11.0. The van der Waals surface area contributed by atoms with Crippen molar-refractivity contribution in [2.75, 3.05) is 5.32 Å². The summed E-state index contributed by atoms with van der Waals surface area (Å²) in [5.74, 6) is -1.16. The second-order valence-corrected chi connectivity index (χ2v) is 5.87. The smallest absolute Gasteiger partial charge is 0.354 e. The van der Waals surface area contributed by atoms with Gasteiger partial charge in [0.15, 0.2) is 5.69 Å². The zero-order valence-electron chi connectivity index (χ0n) is 11.4. The van der Waals surface area contributed by atoms with Gasteiger partial charge in [0.1, 0.15) is 0 Å². The van der Waals surface area contributed by atoms with E-state index in [9.17, 15) is 14.9 Å². The Balaban J connectivity index is 2.26. The van der Waals surface area contributed by atoms with E-state index in [0.29, 0.717) is 0 Å². The lowest BCUT2D eigenvalue weighted by Gasteiger charge is -2.18. The molecule has 0 saturated heterocycles. The molecule has 7 heteroatoms. The molecule has 1 atom stereocenters. The highest BCUT2D eigenvalue weighted by Gasteiger charge is 2.32. The number of pyridine rings is 1. The van der Waals surface area contributed by atoms with Gasteiger partial charge in [-0.25, -0.2) is 9.78 Å². The molecular formula is C13H17N3O4. The van der Waals surface area contributed by atoms with Gasteiger partial charge in [-0.15, -0.1) is 0 Å². The maximum absolute atomic E-state index is 11.0. The van der Waals surface area contributed by atoms with Crippen LogP contribution in [0.3, 0.4) is 0 Å². The lowest BCUT2D eigenvalue weighted by atomic mass is 9.92. The van der Waals surface area contributed by atoms with Crippen LogP contribution in [0.5, 0.6) is 0 Å². The van der Waals surface area contributed by atoms with Gasteiger partial charge in [0, 0.05) is 12.1 Å². The van der Waals surface area contributed by atoms with Gasteiger partial charge in [-0.2, -0.15) is 0 Å². The number of hydrogen-bond acceptors (Lipinski definition) is 5. The molecule has 1 aliphatic carbocycles. The SMILES string of the molecule is CC1(C)CCC(Nc2nc(C(=O)O)ccc2[N+](=O)[O-])C1. The predicted octanol–water partition coefficient (Wildman–Crippen LogP) is 2.68. The largest absolute Gasteiger partial charge is 0.477 e. The Morgan fingerprint density at radius 3 is 2.75 bits per heavy atom. The van der Waals surface area contributed by atoms with Crippen molar-refractivity contribution in [1.82, 2.24) is 4.98 Å². The minimum Gasteiger partial charge on any atom is -0.477 e. The van der Waals surface area contributed by atoms with Crippen LogP contribution in [0.15, 0.2) is 12.1 Å². The summed E-state index contributed by atoms with van der Waals surface area (Å²) in [6, 6.07) is 2.41. The number of hydrogen-bond donors (Lipinski definition) is 2. The maximum Gasteiger partial charge on any atom is 0.354 e. The molecule has 108 valence electrons. The molecule has 1 aromatic rings. The Morgan fingerprint density at radius 2 is 2.25 bits per heavy atom. The monoisotopic (exact) mass is 279 g/mol. The molecule has 0 aliphatic heterocycles. The van der Waals surface area contributed by atoms with E-state index in [2.05, 4.69) is 24.1 Å². The van der Waals surface area contributed by atoms with Crippen LogP contribution in [0.2, 0.25) is 0 Å². The summed E-state index contributed by atoms with van der Waals surface area (Å²) in [6.45, 7) is 4.29. The van der Waals surface area contributed by atoms with E-state index in [1.54, 1.807) is 0 Å². The Kier molecular flexibility index (Phi) is 3.61. The fourth-order valence-electron chi connectivity index (χ4n) is 2.58. The fourth-order valence-corrected chi connectivity index (χ4v) is 2.58. The molecule has 1 heterocycles. The van der Waals surface area contributed by atoms with Crippen molar-refractivity contribution in [3.8, 4) is 0 Å². The fraction of sp³-hybridized carbons (Fsp3) is 0.538. The van der Waals surface area contributed by atoms with Crippen molar-refractivity contribution < 1.29 is 14.8 Å². The summed E-state index contributed by atoms with van der Waals surface area (Å²) in [5.41, 5.74) is -0.202. The molecule has 0 bridgehead atoms. The molecule has 0 amide bonds. The summed E-state index contributed by atoms with van der Waals surface area (Å²) in [6.07, 6.45) is 2.79. The number of anilines is 1. The molecule has 2 N–H and O–H groups in total. The standard InChI is InChI=1S/C13H17N3O4/c1-13(2)6-5-8(7-13)14-11-10(16(19)20)4-3-9(15-11)12(17)18/h3-4,8H,5-7H2,1-2H3,(H,14,15)(H,17,18). The highest BCUT2D eigenvalue weighted by molar-refractivity contribution is 5.86. The van der Waals surface area contributed by atoms with Gasteiger partial charge in [-0.1, -0.05) is 13.8 Å². The Morgan fingerprint density at radius 1 is 1.55 bits per heavy atom. The number of nitrogens with one attached hydrogen (secondary N) is 1. The zero-order valence-corrected chi connectivity index (χ0v) is 11.4. The van der Waals surface area contributed by atoms with E-state index in [0.717, 1.165) is 25.3 Å². The van der Waals surface area contributed by atoms with E-state index in [4.69, 9.17) is 5.11 Å². The molecule has 2 rings (SSSR count). The number of nitrogens with zero attached hydrogens (tertiary/aromatic N) is 2. The molecule has 1 aromatic heterocycles. The molecule has 0 aromatic carbocycles. The van der Waals surface area contributed by atoms with Crippen molar-refractivity contribution in [3.63, 3.8) is 0 Å². The minimum atomic E-state index is -1.20. The van der Waals surface area contributed by atoms with Crippen molar-refractivity contribution in [1.29, 1.82) is 0 Å². The highest BCUT2D eigenvalue weighted by atomic mass is 16.6. The van der Waals surface area contributed by atoms with Crippen LogP contribution in [0.25, 0.3) is 0 Å². The van der Waals surface area contributed by atoms with Crippen molar-refractivity contribution in [2.45, 2.75) is 39.2 Å². The van der Waals surface area contributed by atoms with Crippen LogP contribution in [0, 0.1) is 15.5 Å². The third kappa shape index (κ3) is 3.04. The Labute approximate surface area is 116 Å². The molecule has 0 spiro atoms. The summed E-state index contributed by atoms with van der Waals surface area (Å²) in [4.78, 5) is 25.2. The molecule has 0 radical (unpaired) electrons. The number of carbonyl (C=O) groups is 1. The highest BCUT2D eigenvalue weighted by Crippen LogP contribution is 2.39.